The molecule has 0 bridgehead atoms. The summed E-state index contributed by atoms with van der Waals surface area (Å²) in [5.41, 5.74) is 1.82. The van der Waals surface area contributed by atoms with Crippen LogP contribution in [0, 0.1) is 5.92 Å². The van der Waals surface area contributed by atoms with Crippen molar-refractivity contribution in [3.05, 3.63) is 66.1 Å². The average molecular weight is 449 g/mol. The second kappa shape index (κ2) is 10.2. The predicted octanol–water partition coefficient (Wildman–Crippen LogP) is 2.85. The zero-order valence-electron chi connectivity index (χ0n) is 18.8. The highest BCUT2D eigenvalue weighted by atomic mass is 16.5. The van der Waals surface area contributed by atoms with Crippen LogP contribution in [0.1, 0.15) is 33.6 Å². The monoisotopic (exact) mass is 448 g/mol. The lowest BCUT2D eigenvalue weighted by Crippen LogP contribution is -2.41. The summed E-state index contributed by atoms with van der Waals surface area (Å²) in [6, 6.07) is 11.1. The van der Waals surface area contributed by atoms with Crippen LogP contribution in [0.2, 0.25) is 0 Å². The first kappa shape index (κ1) is 22.3. The van der Waals surface area contributed by atoms with Gasteiger partial charge >= 0.3 is 0 Å². The normalized spacial score (nSPS) is 14.1. The maximum atomic E-state index is 13.3. The number of nitrogens with one attached hydrogen (secondary N) is 2. The molecule has 0 atom stereocenters. The number of carbonyl (C=O) groups is 2. The molecule has 33 heavy (non-hydrogen) atoms. The molecule has 1 aromatic carbocycles. The van der Waals surface area contributed by atoms with Gasteiger partial charge in [0.15, 0.2) is 0 Å². The Labute approximate surface area is 192 Å². The molecule has 0 spiro atoms. The van der Waals surface area contributed by atoms with Crippen molar-refractivity contribution in [3.63, 3.8) is 0 Å². The minimum absolute atomic E-state index is 0.0571. The van der Waals surface area contributed by atoms with Crippen LogP contribution in [0.4, 0.5) is 11.5 Å². The summed E-state index contributed by atoms with van der Waals surface area (Å²) in [6.07, 6.45) is 6.57. The Hall–Kier alpha value is -3.88. The number of ether oxygens (including phenoxy) is 1. The molecule has 4 rings (SSSR count). The molecule has 1 aliphatic heterocycles. The number of nitrogens with zero attached hydrogens (tertiary/aromatic N) is 4. The van der Waals surface area contributed by atoms with Gasteiger partial charge in [-0.05, 0) is 43.0 Å². The molecule has 2 amide bonds. The van der Waals surface area contributed by atoms with Gasteiger partial charge in [0, 0.05) is 39.1 Å². The van der Waals surface area contributed by atoms with E-state index in [1.807, 2.05) is 29.2 Å². The first-order chi connectivity index (χ1) is 16.0. The van der Waals surface area contributed by atoms with Crippen molar-refractivity contribution in [2.75, 3.05) is 32.1 Å². The molecular formula is C24H28N6O3. The van der Waals surface area contributed by atoms with Gasteiger partial charge in [-0.3, -0.25) is 14.3 Å². The molecule has 1 aliphatic rings. The summed E-state index contributed by atoms with van der Waals surface area (Å²) >= 11 is 0. The number of hydrogen-bond acceptors (Lipinski definition) is 6. The van der Waals surface area contributed by atoms with Crippen LogP contribution in [0.25, 0.3) is 0 Å². The predicted molar refractivity (Wildman–Crippen MR) is 125 cm³/mol. The van der Waals surface area contributed by atoms with Crippen molar-refractivity contribution in [1.82, 2.24) is 25.0 Å². The van der Waals surface area contributed by atoms with Crippen LogP contribution >= 0.6 is 0 Å². The third-order valence-electron chi connectivity index (χ3n) is 5.82. The van der Waals surface area contributed by atoms with Gasteiger partial charge in [-0.1, -0.05) is 12.1 Å². The fourth-order valence-electron chi connectivity index (χ4n) is 3.94. The smallest absolute Gasteiger partial charge is 0.257 e. The molecule has 0 unspecified atom stereocenters. The lowest BCUT2D eigenvalue weighted by Gasteiger charge is -2.32. The van der Waals surface area contributed by atoms with Crippen molar-refractivity contribution >= 4 is 23.3 Å². The van der Waals surface area contributed by atoms with Gasteiger partial charge in [0.2, 0.25) is 0 Å². The van der Waals surface area contributed by atoms with Gasteiger partial charge in [-0.25, -0.2) is 4.98 Å². The number of rotatable bonds is 7. The second-order valence-corrected chi connectivity index (χ2v) is 8.07. The summed E-state index contributed by atoms with van der Waals surface area (Å²) in [7, 11) is 3.39. The Morgan fingerprint density at radius 1 is 1.15 bits per heavy atom. The quantitative estimate of drug-likeness (QED) is 0.576. The van der Waals surface area contributed by atoms with Crippen LogP contribution in [0.3, 0.4) is 0 Å². The standard InChI is InChI=1S/C24H28N6O3/c1-29-16-18(15-27-29)23(31)26-14-17-9-12-30(13-10-17)24(32)19-6-5-11-25-22(19)28-20-7-3-4-8-21(20)33-2/h3-8,11,15-17H,9-10,12-14H2,1-2H3,(H,25,28)(H,26,31). The Morgan fingerprint density at radius 3 is 2.67 bits per heavy atom. The van der Waals surface area contributed by atoms with Crippen LogP contribution < -0.4 is 15.4 Å². The summed E-state index contributed by atoms with van der Waals surface area (Å²) in [6.45, 7) is 1.85. The number of carbonyl (C=O) groups excluding carboxylic acids is 2. The molecule has 1 fully saturated rings. The lowest BCUT2D eigenvalue weighted by atomic mass is 9.96. The van der Waals surface area contributed by atoms with Crippen molar-refractivity contribution in [2.45, 2.75) is 12.8 Å². The number of amides is 2. The highest BCUT2D eigenvalue weighted by Gasteiger charge is 2.26. The van der Waals surface area contributed by atoms with Gasteiger partial charge in [0.25, 0.3) is 11.8 Å². The van der Waals surface area contributed by atoms with Crippen LogP contribution in [-0.2, 0) is 7.05 Å². The first-order valence-corrected chi connectivity index (χ1v) is 11.0. The molecule has 0 saturated carbocycles. The number of para-hydroxylation sites is 2. The second-order valence-electron chi connectivity index (χ2n) is 8.07. The number of aromatic nitrogens is 3. The average Bonchev–Trinajstić information content (AvgIpc) is 3.29. The molecule has 2 aromatic heterocycles. The van der Waals surface area contributed by atoms with Crippen molar-refractivity contribution in [1.29, 1.82) is 0 Å². The van der Waals surface area contributed by atoms with Crippen LogP contribution in [0.5, 0.6) is 5.75 Å². The number of anilines is 2. The molecule has 3 aromatic rings. The first-order valence-electron chi connectivity index (χ1n) is 11.0. The molecule has 3 heterocycles. The van der Waals surface area contributed by atoms with Gasteiger partial charge < -0.3 is 20.3 Å². The van der Waals surface area contributed by atoms with Crippen LogP contribution in [0.15, 0.2) is 55.0 Å². The third-order valence-corrected chi connectivity index (χ3v) is 5.82. The molecule has 0 aliphatic carbocycles. The molecule has 0 radical (unpaired) electrons. The van der Waals surface area contributed by atoms with E-state index in [-0.39, 0.29) is 11.8 Å². The zero-order valence-corrected chi connectivity index (χ0v) is 18.8. The van der Waals surface area contributed by atoms with E-state index in [9.17, 15) is 9.59 Å². The van der Waals surface area contributed by atoms with E-state index in [0.717, 1.165) is 18.5 Å². The molecule has 2 N–H and O–H groups in total. The van der Waals surface area contributed by atoms with Gasteiger partial charge in [-0.15, -0.1) is 0 Å². The number of pyridine rings is 1. The van der Waals surface area contributed by atoms with Gasteiger partial charge in [-0.2, -0.15) is 5.10 Å². The number of aryl methyl sites for hydroxylation is 1. The zero-order chi connectivity index (χ0) is 23.2. The summed E-state index contributed by atoms with van der Waals surface area (Å²) in [5.74, 6) is 1.32. The largest absolute Gasteiger partial charge is 0.495 e. The Morgan fingerprint density at radius 2 is 1.94 bits per heavy atom. The van der Waals surface area contributed by atoms with E-state index in [4.69, 9.17) is 4.74 Å². The van der Waals surface area contributed by atoms with E-state index >= 15 is 0 Å². The SMILES string of the molecule is COc1ccccc1Nc1ncccc1C(=O)N1CCC(CNC(=O)c2cnn(C)c2)CC1. The lowest BCUT2D eigenvalue weighted by molar-refractivity contribution is 0.0685. The summed E-state index contributed by atoms with van der Waals surface area (Å²) in [5, 5.41) is 10.2. The molecule has 172 valence electrons. The maximum Gasteiger partial charge on any atom is 0.257 e. The highest BCUT2D eigenvalue weighted by Crippen LogP contribution is 2.28. The van der Waals surface area contributed by atoms with Gasteiger partial charge in [0.1, 0.15) is 11.6 Å². The van der Waals surface area contributed by atoms with Crippen molar-refractivity contribution in [3.8, 4) is 5.75 Å². The van der Waals surface area contributed by atoms with Gasteiger partial charge in [0.05, 0.1) is 30.1 Å². The molecule has 1 saturated heterocycles. The number of likely N-dealkylation sites (tertiary alicyclic amines) is 1. The van der Waals surface area contributed by atoms with Crippen molar-refractivity contribution in [2.24, 2.45) is 13.0 Å². The van der Waals surface area contributed by atoms with E-state index in [0.29, 0.717) is 48.2 Å². The highest BCUT2D eigenvalue weighted by molar-refractivity contribution is 5.99. The van der Waals surface area contributed by atoms with E-state index in [2.05, 4.69) is 20.7 Å². The van der Waals surface area contributed by atoms with Crippen molar-refractivity contribution < 1.29 is 14.3 Å². The van der Waals surface area contributed by atoms with E-state index in [1.165, 1.54) is 0 Å². The minimum atomic E-state index is -0.121. The number of hydrogen-bond donors (Lipinski definition) is 2. The Bertz CT molecular complexity index is 1120. The summed E-state index contributed by atoms with van der Waals surface area (Å²) < 4.78 is 7.00. The van der Waals surface area contributed by atoms with Crippen LogP contribution in [-0.4, -0.2) is 58.2 Å². The molecule has 9 heteroatoms. The number of benzene rings is 1. The maximum absolute atomic E-state index is 13.3. The Balaban J connectivity index is 1.35. The number of methoxy groups -OCH3 is 1. The fourth-order valence-corrected chi connectivity index (χ4v) is 3.94. The number of piperidine rings is 1. The molecular weight excluding hydrogens is 420 g/mol. The Kier molecular flexibility index (Phi) is 6.87. The minimum Gasteiger partial charge on any atom is -0.495 e. The van der Waals surface area contributed by atoms with E-state index < -0.39 is 0 Å². The topological polar surface area (TPSA) is 101 Å². The summed E-state index contributed by atoms with van der Waals surface area (Å²) in [4.78, 5) is 31.7. The molecule has 9 nitrogen and oxygen atoms in total. The fraction of sp³-hybridized carbons (Fsp3) is 0.333. The van der Waals surface area contributed by atoms with E-state index in [1.54, 1.807) is 49.6 Å². The third kappa shape index (κ3) is 5.31.